The third kappa shape index (κ3) is 4.73. The summed E-state index contributed by atoms with van der Waals surface area (Å²) in [6.45, 7) is 11.3. The molecular formula is C16H28N4O2. The van der Waals surface area contributed by atoms with Gasteiger partial charge in [-0.1, -0.05) is 27.7 Å². The molecule has 1 saturated heterocycles. The Bertz CT molecular complexity index is 484. The Kier molecular flexibility index (Phi) is 5.83. The summed E-state index contributed by atoms with van der Waals surface area (Å²) in [4.78, 5) is 14.4. The van der Waals surface area contributed by atoms with Crippen molar-refractivity contribution in [3.63, 3.8) is 0 Å². The second-order valence-electron chi connectivity index (χ2n) is 6.83. The lowest BCUT2D eigenvalue weighted by Crippen LogP contribution is -2.50. The van der Waals surface area contributed by atoms with Gasteiger partial charge in [-0.2, -0.15) is 5.10 Å². The van der Waals surface area contributed by atoms with Crippen LogP contribution in [-0.4, -0.2) is 46.5 Å². The molecule has 124 valence electrons. The number of carbonyl (C=O) groups excluding carboxylic acids is 1. The summed E-state index contributed by atoms with van der Waals surface area (Å²) in [5.74, 6) is 1.06. The second-order valence-corrected chi connectivity index (χ2v) is 6.83. The average molecular weight is 308 g/mol. The first-order valence-electron chi connectivity index (χ1n) is 8.13. The number of rotatable bonds is 5. The number of ether oxygens (including phenoxy) is 1. The Hall–Kier alpha value is -1.56. The van der Waals surface area contributed by atoms with Gasteiger partial charge >= 0.3 is 6.03 Å². The average Bonchev–Trinajstić information content (AvgIpc) is 2.84. The molecule has 1 aliphatic heterocycles. The van der Waals surface area contributed by atoms with Gasteiger partial charge in [0.05, 0.1) is 31.1 Å². The zero-order chi connectivity index (χ0) is 16.1. The highest BCUT2D eigenvalue weighted by Crippen LogP contribution is 2.17. The van der Waals surface area contributed by atoms with Crippen LogP contribution in [0.15, 0.2) is 12.4 Å². The topological polar surface area (TPSA) is 59.4 Å². The molecule has 0 radical (unpaired) electrons. The van der Waals surface area contributed by atoms with E-state index in [0.29, 0.717) is 31.6 Å². The summed E-state index contributed by atoms with van der Waals surface area (Å²) in [5.41, 5.74) is 0.750. The minimum Gasteiger partial charge on any atom is -0.377 e. The molecule has 1 aromatic heterocycles. The van der Waals surface area contributed by atoms with Gasteiger partial charge in [-0.25, -0.2) is 4.79 Å². The highest BCUT2D eigenvalue weighted by atomic mass is 16.5. The molecule has 0 spiro atoms. The molecule has 1 fully saturated rings. The molecule has 22 heavy (non-hydrogen) atoms. The van der Waals surface area contributed by atoms with Crippen LogP contribution in [0.3, 0.4) is 0 Å². The molecule has 0 aromatic carbocycles. The molecule has 1 atom stereocenters. The second kappa shape index (κ2) is 7.63. The minimum absolute atomic E-state index is 0.0574. The Morgan fingerprint density at radius 2 is 2.18 bits per heavy atom. The predicted molar refractivity (Wildman–Crippen MR) is 86.9 cm³/mol. The number of hydrogen-bond acceptors (Lipinski definition) is 3. The monoisotopic (exact) mass is 308 g/mol. The maximum absolute atomic E-state index is 12.5. The van der Waals surface area contributed by atoms with Crippen LogP contribution in [0.2, 0.25) is 0 Å². The summed E-state index contributed by atoms with van der Waals surface area (Å²) in [6.07, 6.45) is 4.55. The highest BCUT2D eigenvalue weighted by molar-refractivity contribution is 5.89. The molecular weight excluding hydrogens is 280 g/mol. The van der Waals surface area contributed by atoms with E-state index in [-0.39, 0.29) is 12.1 Å². The lowest BCUT2D eigenvalue weighted by Gasteiger charge is -2.36. The van der Waals surface area contributed by atoms with E-state index >= 15 is 0 Å². The quantitative estimate of drug-likeness (QED) is 0.910. The van der Waals surface area contributed by atoms with Crippen molar-refractivity contribution in [2.24, 2.45) is 11.8 Å². The van der Waals surface area contributed by atoms with Crippen molar-refractivity contribution in [2.75, 3.05) is 25.1 Å². The van der Waals surface area contributed by atoms with Crippen LogP contribution in [0.1, 0.15) is 34.1 Å². The van der Waals surface area contributed by atoms with E-state index in [1.165, 1.54) is 0 Å². The van der Waals surface area contributed by atoms with Gasteiger partial charge in [0.1, 0.15) is 0 Å². The van der Waals surface area contributed by atoms with E-state index in [0.717, 1.165) is 18.7 Å². The summed E-state index contributed by atoms with van der Waals surface area (Å²) in [7, 11) is 0. The molecule has 2 amide bonds. The van der Waals surface area contributed by atoms with E-state index in [1.54, 1.807) is 6.20 Å². The maximum atomic E-state index is 12.5. The number of aromatic nitrogens is 2. The van der Waals surface area contributed by atoms with Crippen LogP contribution < -0.4 is 5.32 Å². The third-order valence-corrected chi connectivity index (χ3v) is 3.67. The molecule has 6 nitrogen and oxygen atoms in total. The number of amides is 2. The van der Waals surface area contributed by atoms with E-state index in [1.807, 2.05) is 15.8 Å². The minimum atomic E-state index is -0.0574. The summed E-state index contributed by atoms with van der Waals surface area (Å²) < 4.78 is 7.39. The van der Waals surface area contributed by atoms with Gasteiger partial charge in [-0.3, -0.25) is 4.68 Å². The van der Waals surface area contributed by atoms with Gasteiger partial charge in [0, 0.05) is 19.3 Å². The fourth-order valence-electron chi connectivity index (χ4n) is 2.76. The van der Waals surface area contributed by atoms with Gasteiger partial charge in [-0.15, -0.1) is 0 Å². The molecule has 0 unspecified atom stereocenters. The first-order chi connectivity index (χ1) is 10.5. The van der Waals surface area contributed by atoms with Crippen molar-refractivity contribution in [3.05, 3.63) is 12.4 Å². The molecule has 2 rings (SSSR count). The van der Waals surface area contributed by atoms with Gasteiger partial charge in [0.15, 0.2) is 0 Å². The third-order valence-electron chi connectivity index (χ3n) is 3.67. The van der Waals surface area contributed by atoms with Gasteiger partial charge < -0.3 is 15.0 Å². The summed E-state index contributed by atoms with van der Waals surface area (Å²) >= 11 is 0. The number of nitrogens with one attached hydrogen (secondary N) is 1. The van der Waals surface area contributed by atoms with Crippen LogP contribution in [0.25, 0.3) is 0 Å². The van der Waals surface area contributed by atoms with Crippen LogP contribution in [0.5, 0.6) is 0 Å². The van der Waals surface area contributed by atoms with E-state index < -0.39 is 0 Å². The largest absolute Gasteiger partial charge is 0.377 e. The van der Waals surface area contributed by atoms with Crippen molar-refractivity contribution >= 4 is 11.7 Å². The molecule has 2 heterocycles. The van der Waals surface area contributed by atoms with Gasteiger partial charge in [0.25, 0.3) is 0 Å². The number of hydrogen-bond donors (Lipinski definition) is 1. The van der Waals surface area contributed by atoms with E-state index in [2.05, 4.69) is 38.1 Å². The van der Waals surface area contributed by atoms with Crippen molar-refractivity contribution < 1.29 is 9.53 Å². The summed E-state index contributed by atoms with van der Waals surface area (Å²) in [5, 5.41) is 7.24. The lowest BCUT2D eigenvalue weighted by molar-refractivity contribution is 0.00857. The number of urea groups is 1. The Balaban J connectivity index is 1.96. The fourth-order valence-corrected chi connectivity index (χ4v) is 2.76. The van der Waals surface area contributed by atoms with E-state index in [4.69, 9.17) is 4.74 Å². The maximum Gasteiger partial charge on any atom is 0.322 e. The SMILES string of the molecule is CC(C)C[C@@H]1COCCN1C(=O)Nc1cnn(CC(C)C)c1. The van der Waals surface area contributed by atoms with Crippen LogP contribution in [0, 0.1) is 11.8 Å². The van der Waals surface area contributed by atoms with Crippen molar-refractivity contribution in [1.29, 1.82) is 0 Å². The Morgan fingerprint density at radius 3 is 2.86 bits per heavy atom. The standard InChI is InChI=1S/C16H28N4O2/c1-12(2)7-15-11-22-6-5-20(15)16(21)18-14-8-17-19(10-14)9-13(3)4/h8,10,12-13,15H,5-7,9,11H2,1-4H3,(H,18,21)/t15-/m1/s1. The van der Waals surface area contributed by atoms with Crippen molar-refractivity contribution in [2.45, 2.75) is 46.7 Å². The molecule has 0 saturated carbocycles. The van der Waals surface area contributed by atoms with E-state index in [9.17, 15) is 4.79 Å². The number of nitrogens with zero attached hydrogens (tertiary/aromatic N) is 3. The number of morpholine rings is 1. The molecule has 1 aromatic rings. The fraction of sp³-hybridized carbons (Fsp3) is 0.750. The predicted octanol–water partition coefficient (Wildman–Crippen LogP) is 2.82. The van der Waals surface area contributed by atoms with Crippen molar-refractivity contribution in [1.82, 2.24) is 14.7 Å². The normalized spacial score (nSPS) is 19.0. The Morgan fingerprint density at radius 1 is 1.41 bits per heavy atom. The van der Waals surface area contributed by atoms with Crippen LogP contribution in [0.4, 0.5) is 10.5 Å². The van der Waals surface area contributed by atoms with Crippen molar-refractivity contribution in [3.8, 4) is 0 Å². The molecule has 0 bridgehead atoms. The Labute approximate surface area is 132 Å². The van der Waals surface area contributed by atoms with Gasteiger partial charge in [0.2, 0.25) is 0 Å². The first kappa shape index (κ1) is 16.8. The van der Waals surface area contributed by atoms with Crippen LogP contribution >= 0.6 is 0 Å². The zero-order valence-corrected chi connectivity index (χ0v) is 14.1. The number of carbonyl (C=O) groups is 1. The molecule has 1 N–H and O–H groups in total. The molecule has 1 aliphatic rings. The van der Waals surface area contributed by atoms with Gasteiger partial charge in [-0.05, 0) is 18.3 Å². The zero-order valence-electron chi connectivity index (χ0n) is 14.1. The lowest BCUT2D eigenvalue weighted by atomic mass is 10.0. The first-order valence-corrected chi connectivity index (χ1v) is 8.13. The molecule has 0 aliphatic carbocycles. The smallest absolute Gasteiger partial charge is 0.322 e. The highest BCUT2D eigenvalue weighted by Gasteiger charge is 2.28. The molecule has 6 heteroatoms. The number of anilines is 1. The van der Waals surface area contributed by atoms with Crippen LogP contribution in [-0.2, 0) is 11.3 Å². The summed E-state index contributed by atoms with van der Waals surface area (Å²) in [6, 6.07) is 0.0949.